The summed E-state index contributed by atoms with van der Waals surface area (Å²) in [5, 5.41) is 152. The molecule has 70 heavy (non-hydrogen) atoms. The molecule has 20 atom stereocenters. The lowest BCUT2D eigenvalue weighted by molar-refractivity contribution is -0.832. The zero-order valence-corrected chi connectivity index (χ0v) is 33.8. The zero-order chi connectivity index (χ0) is 52.9. The minimum absolute atomic E-state index is 0.667. The Labute approximate surface area is 379 Å². The highest BCUT2D eigenvalue weighted by atomic mass is 17.0. The van der Waals surface area contributed by atoms with E-state index in [1.165, 1.54) is 0 Å². The molecule has 8 N–H and O–H groups in total. The third-order valence-electron chi connectivity index (χ3n) is 9.37. The number of aliphatic hydroxyl groups excluding tert-OH is 8. The molecule has 0 bridgehead atoms. The molecule has 0 saturated carbocycles. The fourth-order valence-electron chi connectivity index (χ4n) is 6.55. The van der Waals surface area contributed by atoms with Crippen molar-refractivity contribution >= 4 is 0 Å². The average molecular weight is 1040 g/mol. The highest BCUT2D eigenvalue weighted by molar-refractivity contribution is 4.97. The summed E-state index contributed by atoms with van der Waals surface area (Å²) in [6, 6.07) is 0. The number of hydrogen-bond acceptors (Lipinski definition) is 38. The van der Waals surface area contributed by atoms with Gasteiger partial charge in [0.15, 0.2) is 49.4 Å². The van der Waals surface area contributed by atoms with Crippen LogP contribution in [-0.2, 0) is 67.1 Å². The highest BCUT2D eigenvalue weighted by Crippen LogP contribution is 2.36. The van der Waals surface area contributed by atoms with E-state index in [-0.39, 0.29) is 0 Å². The zero-order valence-electron chi connectivity index (χ0n) is 33.8. The predicted octanol–water partition coefficient (Wildman–Crippen LogP) is -9.07. The van der Waals surface area contributed by atoms with E-state index in [1.807, 2.05) is 0 Å². The summed E-state index contributed by atoms with van der Waals surface area (Å²) in [6.45, 7) is -4.30. The van der Waals surface area contributed by atoms with Crippen molar-refractivity contribution < 1.29 is 149 Å². The van der Waals surface area contributed by atoms with Crippen molar-refractivity contribution in [3.63, 3.8) is 0 Å². The van der Waals surface area contributed by atoms with Gasteiger partial charge in [0.05, 0.1) is 13.2 Å². The van der Waals surface area contributed by atoms with Gasteiger partial charge in [-0.25, -0.2) is 0 Å². The van der Waals surface area contributed by atoms with Crippen LogP contribution in [0.5, 0.6) is 0 Å². The van der Waals surface area contributed by atoms with Crippen molar-refractivity contribution in [2.45, 2.75) is 123 Å². The predicted molar refractivity (Wildman–Crippen MR) is 184 cm³/mol. The van der Waals surface area contributed by atoms with Gasteiger partial charge in [0.1, 0.15) is 80.4 Å². The van der Waals surface area contributed by atoms with Crippen LogP contribution in [0.4, 0.5) is 0 Å². The van der Waals surface area contributed by atoms with Crippen molar-refractivity contribution in [3.05, 3.63) is 80.9 Å². The smallest absolute Gasteiger partial charge is 0.297 e. The summed E-state index contributed by atoms with van der Waals surface area (Å²) < 4.78 is 30.6. The molecule has 46 heteroatoms. The minimum atomic E-state index is -2.80. The molecule has 400 valence electrons. The summed E-state index contributed by atoms with van der Waals surface area (Å²) in [5.41, 5.74) is 0. The average Bonchev–Trinajstić information content (AvgIpc) is 3.25. The summed E-state index contributed by atoms with van der Waals surface area (Å²) in [5.74, 6) is 0. The number of nitrogens with zero attached hydrogens (tertiary/aromatic N) is 8. The molecule has 16 unspecified atom stereocenters. The third-order valence-corrected chi connectivity index (χ3v) is 9.37. The van der Waals surface area contributed by atoms with E-state index in [4.69, 9.17) is 33.5 Å². The molecule has 0 radical (unpaired) electrons. The van der Waals surface area contributed by atoms with Crippen LogP contribution in [0.3, 0.4) is 0 Å². The lowest BCUT2D eigenvalue weighted by Crippen LogP contribution is -2.67. The summed E-state index contributed by atoms with van der Waals surface area (Å²) >= 11 is 0. The number of hydrogen-bond donors (Lipinski definition) is 8. The Morgan fingerprint density at radius 3 is 1.19 bits per heavy atom. The van der Waals surface area contributed by atoms with Gasteiger partial charge in [0, 0.05) is 0 Å². The first kappa shape index (κ1) is 57.4. The van der Waals surface area contributed by atoms with Gasteiger partial charge in [0.2, 0.25) is 6.29 Å². The fraction of sp³-hybridized carbons (Fsp3) is 1.00. The molecule has 4 rings (SSSR count). The number of ether oxygens (including phenoxy) is 6. The van der Waals surface area contributed by atoms with Crippen LogP contribution in [0.15, 0.2) is 0 Å². The Morgan fingerprint density at radius 2 is 0.729 bits per heavy atom. The van der Waals surface area contributed by atoms with Crippen molar-refractivity contribution in [2.75, 3.05) is 26.4 Å². The maximum absolute atomic E-state index is 11.3. The first-order valence-electron chi connectivity index (χ1n) is 18.3. The molecular formula is C24H36N8O38. The van der Waals surface area contributed by atoms with Crippen molar-refractivity contribution in [1.29, 1.82) is 0 Å². The lowest BCUT2D eigenvalue weighted by atomic mass is 9.96. The second kappa shape index (κ2) is 25.6. The molecular weight excluding hydrogens is 1010 g/mol. The van der Waals surface area contributed by atoms with Gasteiger partial charge >= 0.3 is 0 Å². The van der Waals surface area contributed by atoms with Crippen molar-refractivity contribution in [2.24, 2.45) is 0 Å². The molecule has 4 aliphatic heterocycles. The Morgan fingerprint density at radius 1 is 0.343 bits per heavy atom. The van der Waals surface area contributed by atoms with Crippen LogP contribution in [0.25, 0.3) is 0 Å². The van der Waals surface area contributed by atoms with E-state index in [0.717, 1.165) is 0 Å². The van der Waals surface area contributed by atoms with Crippen LogP contribution in [-0.4, -0.2) is 231 Å². The Hall–Kier alpha value is -6.96. The van der Waals surface area contributed by atoms with Gasteiger partial charge in [-0.15, -0.1) is 80.9 Å². The van der Waals surface area contributed by atoms with Gasteiger partial charge in [-0.05, 0) is 0 Å². The standard InChI is InChI=1S/C12H14N8O27.C12H22O11/c21-13(22)37-1-3-5(7(43-16(27)28)10(46-19(33)34)12(40-3)47-20(35)36)41-11-9(45-18(31)32)8(44-17(29)30)6(42-15(25)26)4(39-11)2-38-14(23)24;13-1-3-5(15)6(16)9(19)12(22-3)23-10-4(2-14)21-11(20)8(18)7(10)17/h3-12H,1-2H2;3-20H,1-2H2/t3?,4?,5-,6-,7?,8?,9?,10?,11?,12?;3?,4?,5?,6?,7?,8?,9?,10-,11?,12+/m11/s1. The number of aliphatic hydroxyl groups is 8. The van der Waals surface area contributed by atoms with E-state index in [0.29, 0.717) is 0 Å². The largest absolute Gasteiger partial charge is 0.394 e. The Kier molecular flexibility index (Phi) is 21.0. The first-order valence-corrected chi connectivity index (χ1v) is 18.3. The SMILES string of the molecule is O=[N+]([O-])OCC1OC(O[N+](=O)[O-])C(O[N+](=O)[O-])C(O[N+](=O)[O-])[C@@H]1OC1OC(CO[N+](=O)[O-])[C@@H](O[N+](=O)[O-])C(O[N+](=O)[O-])C1O[N+](=O)[O-].OCC1O[C@@H](O[C@@H]2C(CO)OC(O)C(O)C2O)C(O)C(O)C1O. The quantitative estimate of drug-likeness (QED) is 0.0329. The van der Waals surface area contributed by atoms with E-state index in [1.54, 1.807) is 0 Å². The lowest BCUT2D eigenvalue weighted by Gasteiger charge is -2.47. The third kappa shape index (κ3) is 15.5. The van der Waals surface area contributed by atoms with Crippen molar-refractivity contribution in [1.82, 2.24) is 0 Å². The van der Waals surface area contributed by atoms with Gasteiger partial charge in [-0.1, -0.05) is 0 Å². The van der Waals surface area contributed by atoms with Gasteiger partial charge < -0.3 is 103 Å². The normalized spacial score (nSPS) is 37.0. The topological polar surface area (TPSA) is 636 Å². The van der Waals surface area contributed by atoms with Crippen LogP contribution >= 0.6 is 0 Å². The molecule has 0 aliphatic carbocycles. The maximum atomic E-state index is 11.3. The second-order valence-electron chi connectivity index (χ2n) is 13.5. The van der Waals surface area contributed by atoms with Crippen LogP contribution < -0.4 is 0 Å². The van der Waals surface area contributed by atoms with E-state index >= 15 is 0 Å². The van der Waals surface area contributed by atoms with Crippen LogP contribution in [0.2, 0.25) is 0 Å². The van der Waals surface area contributed by atoms with Gasteiger partial charge in [-0.3, -0.25) is 4.84 Å². The molecule has 0 aromatic heterocycles. The monoisotopic (exact) mass is 1040 g/mol. The molecule has 4 saturated heterocycles. The van der Waals surface area contributed by atoms with E-state index in [9.17, 15) is 117 Å². The maximum Gasteiger partial charge on any atom is 0.297 e. The highest BCUT2D eigenvalue weighted by Gasteiger charge is 2.59. The second-order valence-corrected chi connectivity index (χ2v) is 13.5. The summed E-state index contributed by atoms with van der Waals surface area (Å²) in [6.07, 6.45) is -42.1. The molecule has 4 aliphatic rings. The van der Waals surface area contributed by atoms with E-state index < -0.39 is 190 Å². The molecule has 0 spiro atoms. The molecule has 0 amide bonds. The van der Waals surface area contributed by atoms with Crippen molar-refractivity contribution in [3.8, 4) is 0 Å². The van der Waals surface area contributed by atoms with Gasteiger partial charge in [0.25, 0.3) is 40.7 Å². The van der Waals surface area contributed by atoms with Crippen LogP contribution in [0.1, 0.15) is 0 Å². The minimum Gasteiger partial charge on any atom is -0.394 e. The van der Waals surface area contributed by atoms with Crippen LogP contribution in [0, 0.1) is 80.9 Å². The Balaban J connectivity index is 0.000000468. The Bertz CT molecular complexity index is 1820. The number of rotatable bonds is 24. The van der Waals surface area contributed by atoms with E-state index in [2.05, 4.69) is 38.7 Å². The first-order chi connectivity index (χ1) is 32.7. The fourth-order valence-corrected chi connectivity index (χ4v) is 6.55. The molecule has 4 fully saturated rings. The molecule has 4 heterocycles. The van der Waals surface area contributed by atoms with Gasteiger partial charge in [-0.2, -0.15) is 0 Å². The molecule has 0 aromatic carbocycles. The molecule has 46 nitrogen and oxygen atoms in total. The molecule has 0 aromatic rings. The summed E-state index contributed by atoms with van der Waals surface area (Å²) in [4.78, 5) is 122. The summed E-state index contributed by atoms with van der Waals surface area (Å²) in [7, 11) is 0.